The van der Waals surface area contributed by atoms with E-state index in [1.54, 1.807) is 22.3 Å². The lowest BCUT2D eigenvalue weighted by Gasteiger charge is -2.30. The summed E-state index contributed by atoms with van der Waals surface area (Å²) in [6, 6.07) is 3.91. The Hall–Kier alpha value is -1.62. The van der Waals surface area contributed by atoms with E-state index in [1.165, 1.54) is 7.11 Å². The number of rotatable bonds is 3. The zero-order valence-electron chi connectivity index (χ0n) is 10.9. The predicted octanol–water partition coefficient (Wildman–Crippen LogP) is 2.17. The van der Waals surface area contributed by atoms with Gasteiger partial charge >= 0.3 is 5.97 Å². The number of likely N-dealkylation sites (tertiary alicyclic amines) is 1. The Morgan fingerprint density at radius 3 is 3.05 bits per heavy atom. The van der Waals surface area contributed by atoms with Crippen molar-refractivity contribution in [1.29, 1.82) is 0 Å². The molecule has 0 spiro atoms. The van der Waals surface area contributed by atoms with Crippen molar-refractivity contribution in [3.63, 3.8) is 0 Å². The Morgan fingerprint density at radius 1 is 1.53 bits per heavy atom. The zero-order valence-corrected chi connectivity index (χ0v) is 11.7. The first-order valence-corrected chi connectivity index (χ1v) is 7.17. The topological polar surface area (TPSA) is 46.6 Å². The maximum absolute atomic E-state index is 12.0. The highest BCUT2D eigenvalue weighted by atomic mass is 32.1. The Labute approximate surface area is 116 Å². The van der Waals surface area contributed by atoms with Crippen LogP contribution in [-0.4, -0.2) is 37.0 Å². The van der Waals surface area contributed by atoms with Gasteiger partial charge in [0, 0.05) is 24.0 Å². The number of carbonyl (C=O) groups excluding carboxylic acids is 2. The van der Waals surface area contributed by atoms with Crippen molar-refractivity contribution in [2.75, 3.05) is 20.2 Å². The van der Waals surface area contributed by atoms with Crippen LogP contribution in [0.3, 0.4) is 0 Å². The number of nitrogens with zero attached hydrogens (tertiary/aromatic N) is 1. The molecule has 5 heteroatoms. The summed E-state index contributed by atoms with van der Waals surface area (Å²) < 4.78 is 4.74. The molecule has 1 aliphatic heterocycles. The molecular formula is C14H17NO3S. The van der Waals surface area contributed by atoms with Crippen LogP contribution >= 0.6 is 11.3 Å². The molecule has 19 heavy (non-hydrogen) atoms. The van der Waals surface area contributed by atoms with Crippen molar-refractivity contribution in [2.24, 2.45) is 5.92 Å². The molecule has 4 nitrogen and oxygen atoms in total. The van der Waals surface area contributed by atoms with Crippen LogP contribution in [0.4, 0.5) is 0 Å². The smallest absolute Gasteiger partial charge is 0.310 e. The standard InChI is InChI=1S/C14H17NO3S/c1-18-14(17)11-4-2-8-15(10-11)13(16)7-6-12-5-3-9-19-12/h3,5-7,9,11H,2,4,8,10H2,1H3/b7-6+/t11-/m0/s1. The summed E-state index contributed by atoms with van der Waals surface area (Å²) in [6.45, 7) is 1.17. The summed E-state index contributed by atoms with van der Waals surface area (Å²) >= 11 is 1.59. The van der Waals surface area contributed by atoms with Crippen LogP contribution in [0.5, 0.6) is 0 Å². The van der Waals surface area contributed by atoms with Crippen LogP contribution < -0.4 is 0 Å². The molecule has 2 heterocycles. The van der Waals surface area contributed by atoms with Gasteiger partial charge in [-0.15, -0.1) is 11.3 Å². The van der Waals surface area contributed by atoms with Gasteiger partial charge in [0.1, 0.15) is 0 Å². The maximum Gasteiger partial charge on any atom is 0.310 e. The quantitative estimate of drug-likeness (QED) is 0.629. The summed E-state index contributed by atoms with van der Waals surface area (Å²) in [4.78, 5) is 26.3. The molecule has 0 aliphatic carbocycles. The minimum absolute atomic E-state index is 0.0398. The van der Waals surface area contributed by atoms with Crippen molar-refractivity contribution < 1.29 is 14.3 Å². The summed E-state index contributed by atoms with van der Waals surface area (Å²) in [5, 5.41) is 1.97. The largest absolute Gasteiger partial charge is 0.469 e. The number of esters is 1. The Kier molecular flexibility index (Phi) is 4.74. The van der Waals surface area contributed by atoms with Crippen molar-refractivity contribution in [2.45, 2.75) is 12.8 Å². The molecule has 1 aromatic rings. The van der Waals surface area contributed by atoms with E-state index in [9.17, 15) is 9.59 Å². The molecule has 1 amide bonds. The predicted molar refractivity (Wildman–Crippen MR) is 74.7 cm³/mol. The third kappa shape index (κ3) is 3.67. The SMILES string of the molecule is COC(=O)[C@H]1CCCN(C(=O)/C=C/c2cccs2)C1. The fraction of sp³-hybridized carbons (Fsp3) is 0.429. The van der Waals surface area contributed by atoms with Crippen molar-refractivity contribution in [3.8, 4) is 0 Å². The second-order valence-electron chi connectivity index (χ2n) is 4.50. The molecule has 1 saturated heterocycles. The van der Waals surface area contributed by atoms with Gasteiger partial charge in [0.05, 0.1) is 13.0 Å². The molecule has 0 unspecified atom stereocenters. The average Bonchev–Trinajstić information content (AvgIpc) is 2.97. The van der Waals surface area contributed by atoms with Crippen LogP contribution in [0.15, 0.2) is 23.6 Å². The van der Waals surface area contributed by atoms with Crippen molar-refractivity contribution >= 4 is 29.3 Å². The number of carbonyl (C=O) groups is 2. The van der Waals surface area contributed by atoms with E-state index >= 15 is 0 Å². The van der Waals surface area contributed by atoms with Crippen LogP contribution in [0, 0.1) is 5.92 Å². The summed E-state index contributed by atoms with van der Waals surface area (Å²) in [5.41, 5.74) is 0. The summed E-state index contributed by atoms with van der Waals surface area (Å²) in [6.07, 6.45) is 5.03. The maximum atomic E-state index is 12.0. The van der Waals surface area contributed by atoms with Gasteiger partial charge in [-0.25, -0.2) is 0 Å². The Bertz CT molecular complexity index is 467. The highest BCUT2D eigenvalue weighted by Crippen LogP contribution is 2.18. The third-order valence-electron chi connectivity index (χ3n) is 3.20. The first-order chi connectivity index (χ1) is 9.20. The second-order valence-corrected chi connectivity index (χ2v) is 5.47. The van der Waals surface area contributed by atoms with Gasteiger partial charge < -0.3 is 9.64 Å². The molecule has 0 aromatic carbocycles. The van der Waals surface area contributed by atoms with Gasteiger partial charge in [0.25, 0.3) is 0 Å². The summed E-state index contributed by atoms with van der Waals surface area (Å²) in [7, 11) is 1.39. The van der Waals surface area contributed by atoms with Crippen LogP contribution in [0.25, 0.3) is 6.08 Å². The highest BCUT2D eigenvalue weighted by molar-refractivity contribution is 7.10. The molecule has 1 aliphatic rings. The summed E-state index contributed by atoms with van der Waals surface area (Å²) in [5.74, 6) is -0.445. The first-order valence-electron chi connectivity index (χ1n) is 6.29. The third-order valence-corrected chi connectivity index (χ3v) is 4.04. The molecule has 1 aromatic heterocycles. The van der Waals surface area contributed by atoms with Gasteiger partial charge in [-0.1, -0.05) is 6.07 Å². The normalized spacial score (nSPS) is 19.6. The number of amides is 1. The fourth-order valence-electron chi connectivity index (χ4n) is 2.18. The number of methoxy groups -OCH3 is 1. The van der Waals surface area contributed by atoms with Crippen LogP contribution in [0.1, 0.15) is 17.7 Å². The number of hydrogen-bond donors (Lipinski definition) is 0. The molecule has 0 saturated carbocycles. The highest BCUT2D eigenvalue weighted by Gasteiger charge is 2.28. The number of piperidine rings is 1. The number of thiophene rings is 1. The lowest BCUT2D eigenvalue weighted by molar-refractivity contribution is -0.148. The van der Waals surface area contributed by atoms with Gasteiger partial charge in [0.2, 0.25) is 5.91 Å². The van der Waals surface area contributed by atoms with E-state index in [-0.39, 0.29) is 17.8 Å². The number of ether oxygens (including phenoxy) is 1. The monoisotopic (exact) mass is 279 g/mol. The minimum atomic E-state index is -0.222. The lowest BCUT2D eigenvalue weighted by atomic mass is 9.98. The first kappa shape index (κ1) is 13.8. The van der Waals surface area contributed by atoms with E-state index in [4.69, 9.17) is 4.74 Å². The fourth-order valence-corrected chi connectivity index (χ4v) is 2.80. The van der Waals surface area contributed by atoms with Crippen molar-refractivity contribution in [1.82, 2.24) is 4.90 Å². The van der Waals surface area contributed by atoms with Gasteiger partial charge in [0.15, 0.2) is 0 Å². The van der Waals surface area contributed by atoms with E-state index in [2.05, 4.69) is 0 Å². The van der Waals surface area contributed by atoms with Crippen LogP contribution in [-0.2, 0) is 14.3 Å². The van der Waals surface area contributed by atoms with E-state index < -0.39 is 0 Å². The second kappa shape index (κ2) is 6.52. The van der Waals surface area contributed by atoms with Crippen molar-refractivity contribution in [3.05, 3.63) is 28.5 Å². The molecule has 0 N–H and O–H groups in total. The molecule has 2 rings (SSSR count). The Morgan fingerprint density at radius 2 is 2.37 bits per heavy atom. The average molecular weight is 279 g/mol. The Balaban J connectivity index is 1.93. The number of hydrogen-bond acceptors (Lipinski definition) is 4. The van der Waals surface area contributed by atoms with Gasteiger partial charge in [-0.05, 0) is 30.4 Å². The lowest BCUT2D eigenvalue weighted by Crippen LogP contribution is -2.41. The molecule has 0 radical (unpaired) electrons. The van der Waals surface area contributed by atoms with E-state index in [0.717, 1.165) is 17.7 Å². The van der Waals surface area contributed by atoms with Crippen LogP contribution in [0.2, 0.25) is 0 Å². The van der Waals surface area contributed by atoms with E-state index in [0.29, 0.717) is 13.1 Å². The van der Waals surface area contributed by atoms with Gasteiger partial charge in [-0.2, -0.15) is 0 Å². The minimum Gasteiger partial charge on any atom is -0.469 e. The molecule has 0 bridgehead atoms. The van der Waals surface area contributed by atoms with Gasteiger partial charge in [-0.3, -0.25) is 9.59 Å². The molecule has 1 atom stereocenters. The molecule has 102 valence electrons. The molecule has 1 fully saturated rings. The van der Waals surface area contributed by atoms with E-state index in [1.807, 2.05) is 23.6 Å². The zero-order chi connectivity index (χ0) is 13.7. The molecular weight excluding hydrogens is 262 g/mol.